The first kappa shape index (κ1) is 17.6. The number of hydrogen-bond acceptors (Lipinski definition) is 4. The summed E-state index contributed by atoms with van der Waals surface area (Å²) in [6.07, 6.45) is -3.81. The number of nitrogens with zero attached hydrogens (tertiary/aromatic N) is 1. The van der Waals surface area contributed by atoms with Gasteiger partial charge in [-0.1, -0.05) is 12.1 Å². The van der Waals surface area contributed by atoms with E-state index in [-0.39, 0.29) is 18.2 Å². The van der Waals surface area contributed by atoms with Gasteiger partial charge < -0.3 is 20.1 Å². The minimum atomic E-state index is -4.72. The van der Waals surface area contributed by atoms with E-state index in [1.807, 2.05) is 0 Å². The molecule has 1 aromatic carbocycles. The van der Waals surface area contributed by atoms with E-state index in [0.29, 0.717) is 31.6 Å². The normalized spacial score (nSPS) is 17.6. The van der Waals surface area contributed by atoms with Crippen LogP contribution < -0.4 is 10.5 Å². The quantitative estimate of drug-likeness (QED) is 0.916. The molecule has 0 bridgehead atoms. The molecule has 0 spiro atoms. The van der Waals surface area contributed by atoms with E-state index in [2.05, 4.69) is 4.74 Å². The van der Waals surface area contributed by atoms with Crippen molar-refractivity contribution >= 4 is 5.91 Å². The third-order valence-electron chi connectivity index (χ3n) is 3.73. The summed E-state index contributed by atoms with van der Waals surface area (Å²) in [6.45, 7) is 1.14. The van der Waals surface area contributed by atoms with Crippen LogP contribution in [-0.2, 0) is 16.1 Å². The summed E-state index contributed by atoms with van der Waals surface area (Å²) < 4.78 is 45.3. The summed E-state index contributed by atoms with van der Waals surface area (Å²) in [6, 6.07) is 5.40. The zero-order valence-corrected chi connectivity index (χ0v) is 12.7. The van der Waals surface area contributed by atoms with Crippen LogP contribution in [0.1, 0.15) is 18.4 Å². The predicted octanol–water partition coefficient (Wildman–Crippen LogP) is 2.05. The summed E-state index contributed by atoms with van der Waals surface area (Å²) in [5, 5.41) is 0. The van der Waals surface area contributed by atoms with E-state index >= 15 is 0 Å². The molecule has 0 radical (unpaired) electrons. The van der Waals surface area contributed by atoms with E-state index in [1.54, 1.807) is 7.05 Å². The Hall–Kier alpha value is -1.80. The van der Waals surface area contributed by atoms with Gasteiger partial charge in [-0.05, 0) is 30.5 Å². The highest BCUT2D eigenvalue weighted by atomic mass is 19.4. The standard InChI is InChI=1S/C15H19F3N2O3/c1-20(13(21)14(19)6-8-22-9-7-14)10-11-2-4-12(5-3-11)23-15(16,17)18/h2-5H,6-10,19H2,1H3. The van der Waals surface area contributed by atoms with Gasteiger partial charge in [-0.15, -0.1) is 13.2 Å². The molecule has 1 aliphatic heterocycles. The van der Waals surface area contributed by atoms with Gasteiger partial charge in [0.25, 0.3) is 0 Å². The van der Waals surface area contributed by atoms with Gasteiger partial charge in [0.1, 0.15) is 5.75 Å². The molecule has 1 fully saturated rings. The van der Waals surface area contributed by atoms with E-state index in [4.69, 9.17) is 10.5 Å². The smallest absolute Gasteiger partial charge is 0.406 e. The van der Waals surface area contributed by atoms with Crippen molar-refractivity contribution in [1.82, 2.24) is 4.90 Å². The number of carbonyl (C=O) groups excluding carboxylic acids is 1. The Balaban J connectivity index is 1.97. The van der Waals surface area contributed by atoms with Crippen LogP contribution in [-0.4, -0.2) is 43.0 Å². The Labute approximate surface area is 132 Å². The van der Waals surface area contributed by atoms with Gasteiger partial charge in [-0.2, -0.15) is 0 Å². The summed E-state index contributed by atoms with van der Waals surface area (Å²) >= 11 is 0. The minimum Gasteiger partial charge on any atom is -0.406 e. The summed E-state index contributed by atoms with van der Waals surface area (Å²) in [5.41, 5.74) is 5.88. The Morgan fingerprint density at radius 3 is 2.39 bits per heavy atom. The molecule has 1 aromatic rings. The Kier molecular flexibility index (Phi) is 5.16. The van der Waals surface area contributed by atoms with Crippen molar-refractivity contribution < 1.29 is 27.4 Å². The van der Waals surface area contributed by atoms with E-state index < -0.39 is 11.9 Å². The number of halogens is 3. The topological polar surface area (TPSA) is 64.8 Å². The number of nitrogens with two attached hydrogens (primary N) is 1. The second kappa shape index (κ2) is 6.76. The van der Waals surface area contributed by atoms with Crippen LogP contribution in [0.4, 0.5) is 13.2 Å². The van der Waals surface area contributed by atoms with Gasteiger partial charge >= 0.3 is 6.36 Å². The van der Waals surface area contributed by atoms with Crippen LogP contribution in [0.25, 0.3) is 0 Å². The lowest BCUT2D eigenvalue weighted by Gasteiger charge is -2.35. The molecule has 1 amide bonds. The Morgan fingerprint density at radius 1 is 1.30 bits per heavy atom. The van der Waals surface area contributed by atoms with Crippen molar-refractivity contribution in [3.8, 4) is 5.75 Å². The number of benzene rings is 1. The van der Waals surface area contributed by atoms with Gasteiger partial charge in [-0.25, -0.2) is 0 Å². The molecule has 0 aliphatic carbocycles. The molecular formula is C15H19F3N2O3. The first-order valence-electron chi connectivity index (χ1n) is 7.16. The highest BCUT2D eigenvalue weighted by Crippen LogP contribution is 2.24. The molecule has 2 N–H and O–H groups in total. The van der Waals surface area contributed by atoms with Crippen molar-refractivity contribution in [3.05, 3.63) is 29.8 Å². The molecule has 2 rings (SSSR count). The van der Waals surface area contributed by atoms with Gasteiger partial charge in [0.05, 0.1) is 5.54 Å². The van der Waals surface area contributed by atoms with Gasteiger partial charge in [0, 0.05) is 26.8 Å². The van der Waals surface area contributed by atoms with Crippen LogP contribution in [0, 0.1) is 0 Å². The number of likely N-dealkylation sites (N-methyl/N-ethyl adjacent to an activating group) is 1. The maximum atomic E-state index is 12.5. The molecule has 0 saturated carbocycles. The van der Waals surface area contributed by atoms with E-state index in [9.17, 15) is 18.0 Å². The zero-order valence-electron chi connectivity index (χ0n) is 12.7. The van der Waals surface area contributed by atoms with Gasteiger partial charge in [0.2, 0.25) is 5.91 Å². The van der Waals surface area contributed by atoms with Crippen molar-refractivity contribution in [2.45, 2.75) is 31.3 Å². The van der Waals surface area contributed by atoms with Crippen LogP contribution >= 0.6 is 0 Å². The van der Waals surface area contributed by atoms with Crippen molar-refractivity contribution in [2.75, 3.05) is 20.3 Å². The Morgan fingerprint density at radius 2 is 1.87 bits per heavy atom. The molecule has 0 unspecified atom stereocenters. The van der Waals surface area contributed by atoms with Gasteiger partial charge in [0.15, 0.2) is 0 Å². The molecule has 1 heterocycles. The number of rotatable bonds is 4. The van der Waals surface area contributed by atoms with Crippen molar-refractivity contribution in [3.63, 3.8) is 0 Å². The average Bonchev–Trinajstić information content (AvgIpc) is 2.47. The Bertz CT molecular complexity index is 540. The number of amides is 1. The fourth-order valence-electron chi connectivity index (χ4n) is 2.47. The minimum absolute atomic E-state index is 0.198. The third-order valence-corrected chi connectivity index (χ3v) is 3.73. The number of alkyl halides is 3. The molecular weight excluding hydrogens is 313 g/mol. The number of ether oxygens (including phenoxy) is 2. The molecule has 128 valence electrons. The highest BCUT2D eigenvalue weighted by molar-refractivity contribution is 5.86. The van der Waals surface area contributed by atoms with E-state index in [1.165, 1.54) is 29.2 Å². The highest BCUT2D eigenvalue weighted by Gasteiger charge is 2.37. The molecule has 5 nitrogen and oxygen atoms in total. The zero-order chi connectivity index (χ0) is 17.1. The lowest BCUT2D eigenvalue weighted by molar-refractivity contribution is -0.274. The fourth-order valence-corrected chi connectivity index (χ4v) is 2.47. The monoisotopic (exact) mass is 332 g/mol. The van der Waals surface area contributed by atoms with Crippen LogP contribution in [0.15, 0.2) is 24.3 Å². The first-order valence-corrected chi connectivity index (χ1v) is 7.16. The van der Waals surface area contributed by atoms with Crippen LogP contribution in [0.2, 0.25) is 0 Å². The average molecular weight is 332 g/mol. The lowest BCUT2D eigenvalue weighted by atomic mass is 9.89. The predicted molar refractivity (Wildman–Crippen MR) is 76.6 cm³/mol. The van der Waals surface area contributed by atoms with Crippen LogP contribution in [0.5, 0.6) is 5.75 Å². The molecule has 8 heteroatoms. The summed E-state index contributed by atoms with van der Waals surface area (Å²) in [7, 11) is 1.62. The number of carbonyl (C=O) groups is 1. The maximum absolute atomic E-state index is 12.5. The first-order chi connectivity index (χ1) is 10.7. The van der Waals surface area contributed by atoms with Crippen molar-refractivity contribution in [2.24, 2.45) is 5.73 Å². The molecule has 1 aliphatic rings. The SMILES string of the molecule is CN(Cc1ccc(OC(F)(F)F)cc1)C(=O)C1(N)CCOCC1. The fraction of sp³-hybridized carbons (Fsp3) is 0.533. The molecule has 23 heavy (non-hydrogen) atoms. The summed E-state index contributed by atoms with van der Waals surface area (Å²) in [5.74, 6) is -0.494. The molecule has 0 atom stereocenters. The second-order valence-corrected chi connectivity index (χ2v) is 5.62. The molecule has 0 aromatic heterocycles. The van der Waals surface area contributed by atoms with E-state index in [0.717, 1.165) is 0 Å². The van der Waals surface area contributed by atoms with Crippen molar-refractivity contribution in [1.29, 1.82) is 0 Å². The number of hydrogen-bond donors (Lipinski definition) is 1. The maximum Gasteiger partial charge on any atom is 0.573 e. The van der Waals surface area contributed by atoms with Crippen LogP contribution in [0.3, 0.4) is 0 Å². The lowest BCUT2D eigenvalue weighted by Crippen LogP contribution is -2.57. The van der Waals surface area contributed by atoms with Gasteiger partial charge in [-0.3, -0.25) is 4.79 Å². The third kappa shape index (κ3) is 4.84. The second-order valence-electron chi connectivity index (χ2n) is 5.62. The summed E-state index contributed by atoms with van der Waals surface area (Å²) in [4.78, 5) is 13.9. The largest absolute Gasteiger partial charge is 0.573 e. The molecule has 1 saturated heterocycles.